The molecule has 0 bridgehead atoms. The molecule has 0 amide bonds. The number of aromatic nitrogens is 2. The minimum atomic E-state index is 0.511. The molecule has 23 heavy (non-hydrogen) atoms. The molecule has 0 spiro atoms. The zero-order valence-electron chi connectivity index (χ0n) is 12.6. The second-order valence-electron chi connectivity index (χ2n) is 5.41. The minimum Gasteiger partial charge on any atom is -0.493 e. The lowest BCUT2D eigenvalue weighted by atomic mass is 10.1. The van der Waals surface area contributed by atoms with Crippen molar-refractivity contribution in [2.75, 3.05) is 13.2 Å². The maximum atomic E-state index is 5.80. The van der Waals surface area contributed by atoms with Crippen LogP contribution in [0.25, 0.3) is 11.5 Å². The van der Waals surface area contributed by atoms with Crippen LogP contribution in [0.4, 0.5) is 0 Å². The Morgan fingerprint density at radius 3 is 2.83 bits per heavy atom. The van der Waals surface area contributed by atoms with Crippen LogP contribution in [0.5, 0.6) is 11.5 Å². The molecule has 0 saturated carbocycles. The summed E-state index contributed by atoms with van der Waals surface area (Å²) in [5.74, 6) is 2.36. The highest BCUT2D eigenvalue weighted by atomic mass is 16.5. The molecule has 0 saturated heterocycles. The normalized spacial score (nSPS) is 12.7. The van der Waals surface area contributed by atoms with Gasteiger partial charge in [-0.1, -0.05) is 12.1 Å². The Morgan fingerprint density at radius 2 is 2.00 bits per heavy atom. The second kappa shape index (κ2) is 6.12. The van der Waals surface area contributed by atoms with Gasteiger partial charge in [-0.05, 0) is 41.5 Å². The summed E-state index contributed by atoms with van der Waals surface area (Å²) in [4.78, 5) is 0. The molecular formula is C18H16N2O3. The Hall–Kier alpha value is -2.82. The van der Waals surface area contributed by atoms with Gasteiger partial charge in [0, 0.05) is 18.4 Å². The van der Waals surface area contributed by atoms with Gasteiger partial charge < -0.3 is 13.9 Å². The first-order valence-corrected chi connectivity index (χ1v) is 7.62. The van der Waals surface area contributed by atoms with E-state index < -0.39 is 0 Å². The van der Waals surface area contributed by atoms with Crippen LogP contribution >= 0.6 is 0 Å². The predicted octanol–water partition coefficient (Wildman–Crippen LogP) is 3.29. The molecule has 1 aliphatic heterocycles. The molecule has 2 heterocycles. The smallest absolute Gasteiger partial charge is 0.247 e. The van der Waals surface area contributed by atoms with Gasteiger partial charge in [0.15, 0.2) is 0 Å². The maximum absolute atomic E-state index is 5.80. The quantitative estimate of drug-likeness (QED) is 0.724. The molecule has 116 valence electrons. The molecule has 4 rings (SSSR count). The number of ether oxygens (including phenoxy) is 2. The third kappa shape index (κ3) is 3.04. The van der Waals surface area contributed by atoms with Crippen LogP contribution in [0.15, 0.2) is 53.3 Å². The van der Waals surface area contributed by atoms with Gasteiger partial charge in [-0.25, -0.2) is 0 Å². The van der Waals surface area contributed by atoms with Gasteiger partial charge in [-0.3, -0.25) is 0 Å². The highest BCUT2D eigenvalue weighted by Crippen LogP contribution is 2.26. The Morgan fingerprint density at radius 1 is 1.09 bits per heavy atom. The molecule has 0 unspecified atom stereocenters. The summed E-state index contributed by atoms with van der Waals surface area (Å²) >= 11 is 0. The fourth-order valence-corrected chi connectivity index (χ4v) is 2.67. The third-order valence-corrected chi connectivity index (χ3v) is 3.87. The number of nitrogens with zero attached hydrogens (tertiary/aromatic N) is 2. The standard InChI is InChI=1S/C18H16N2O3/c1-6-17-15(8-10-22-17)11-13(1)7-9-21-16-4-2-14(3-5-16)18-20-19-12-23-18/h1-6,11-12H,7-10H2. The number of rotatable bonds is 5. The van der Waals surface area contributed by atoms with E-state index in [0.717, 1.165) is 36.5 Å². The van der Waals surface area contributed by atoms with Crippen molar-refractivity contribution in [2.45, 2.75) is 12.8 Å². The highest BCUT2D eigenvalue weighted by molar-refractivity contribution is 5.53. The molecule has 0 fully saturated rings. The van der Waals surface area contributed by atoms with E-state index in [2.05, 4.69) is 28.4 Å². The van der Waals surface area contributed by atoms with Crippen LogP contribution in [0.3, 0.4) is 0 Å². The molecule has 1 aromatic heterocycles. The van der Waals surface area contributed by atoms with E-state index in [1.807, 2.05) is 24.3 Å². The molecule has 3 aromatic rings. The van der Waals surface area contributed by atoms with Crippen LogP contribution in [0, 0.1) is 0 Å². The van der Waals surface area contributed by atoms with Crippen molar-refractivity contribution in [1.82, 2.24) is 10.2 Å². The summed E-state index contributed by atoms with van der Waals surface area (Å²) in [5, 5.41) is 7.55. The Labute approximate surface area is 133 Å². The van der Waals surface area contributed by atoms with E-state index in [9.17, 15) is 0 Å². The van der Waals surface area contributed by atoms with Gasteiger partial charge in [0.2, 0.25) is 12.3 Å². The van der Waals surface area contributed by atoms with Crippen molar-refractivity contribution >= 4 is 0 Å². The van der Waals surface area contributed by atoms with E-state index >= 15 is 0 Å². The fraction of sp³-hybridized carbons (Fsp3) is 0.222. The van der Waals surface area contributed by atoms with Gasteiger partial charge in [0.1, 0.15) is 11.5 Å². The Bertz CT molecular complexity index is 783. The predicted molar refractivity (Wildman–Crippen MR) is 84.6 cm³/mol. The summed E-state index contributed by atoms with van der Waals surface area (Å²) in [6, 6.07) is 14.0. The van der Waals surface area contributed by atoms with Crippen LogP contribution in [0.2, 0.25) is 0 Å². The van der Waals surface area contributed by atoms with E-state index in [1.165, 1.54) is 17.5 Å². The molecule has 0 atom stereocenters. The maximum Gasteiger partial charge on any atom is 0.247 e. The van der Waals surface area contributed by atoms with Crippen LogP contribution < -0.4 is 9.47 Å². The van der Waals surface area contributed by atoms with Crippen molar-refractivity contribution in [2.24, 2.45) is 0 Å². The average Bonchev–Trinajstić information content (AvgIpc) is 3.27. The molecule has 1 aliphatic rings. The zero-order chi connectivity index (χ0) is 15.5. The number of fused-ring (bicyclic) bond motifs is 1. The molecule has 5 nitrogen and oxygen atoms in total. The first kappa shape index (κ1) is 13.8. The number of hydrogen-bond donors (Lipinski definition) is 0. The summed E-state index contributed by atoms with van der Waals surface area (Å²) < 4.78 is 16.5. The van der Waals surface area contributed by atoms with Gasteiger partial charge in [0.25, 0.3) is 0 Å². The summed E-state index contributed by atoms with van der Waals surface area (Å²) in [7, 11) is 0. The van der Waals surface area contributed by atoms with Crippen molar-refractivity contribution in [3.63, 3.8) is 0 Å². The van der Waals surface area contributed by atoms with Crippen molar-refractivity contribution < 1.29 is 13.9 Å². The van der Waals surface area contributed by atoms with E-state index in [4.69, 9.17) is 13.9 Å². The topological polar surface area (TPSA) is 57.4 Å². The van der Waals surface area contributed by atoms with Gasteiger partial charge in [0.05, 0.1) is 13.2 Å². The highest BCUT2D eigenvalue weighted by Gasteiger charge is 2.11. The SMILES string of the molecule is c1nnc(-c2ccc(OCCc3ccc4c(c3)CCO4)cc2)o1. The summed E-state index contributed by atoms with van der Waals surface area (Å²) in [6.07, 6.45) is 3.20. The fourth-order valence-electron chi connectivity index (χ4n) is 2.67. The molecular weight excluding hydrogens is 292 g/mol. The van der Waals surface area contributed by atoms with Crippen LogP contribution in [-0.2, 0) is 12.8 Å². The number of benzene rings is 2. The lowest BCUT2D eigenvalue weighted by Gasteiger charge is -2.07. The second-order valence-corrected chi connectivity index (χ2v) is 5.41. The summed E-state index contributed by atoms with van der Waals surface area (Å²) in [5.41, 5.74) is 3.46. The molecule has 0 radical (unpaired) electrons. The first-order chi connectivity index (χ1) is 11.4. The third-order valence-electron chi connectivity index (χ3n) is 3.87. The van der Waals surface area contributed by atoms with Gasteiger partial charge >= 0.3 is 0 Å². The Kier molecular flexibility index (Phi) is 3.68. The monoisotopic (exact) mass is 308 g/mol. The molecule has 0 N–H and O–H groups in total. The number of hydrogen-bond acceptors (Lipinski definition) is 5. The van der Waals surface area contributed by atoms with E-state index in [0.29, 0.717) is 12.5 Å². The first-order valence-electron chi connectivity index (χ1n) is 7.62. The van der Waals surface area contributed by atoms with Crippen molar-refractivity contribution in [3.8, 4) is 23.0 Å². The van der Waals surface area contributed by atoms with Gasteiger partial charge in [-0.15, -0.1) is 10.2 Å². The molecule has 2 aromatic carbocycles. The van der Waals surface area contributed by atoms with Crippen molar-refractivity contribution in [3.05, 3.63) is 60.0 Å². The van der Waals surface area contributed by atoms with Crippen LogP contribution in [0.1, 0.15) is 11.1 Å². The van der Waals surface area contributed by atoms with Crippen LogP contribution in [-0.4, -0.2) is 23.4 Å². The van der Waals surface area contributed by atoms with E-state index in [1.54, 1.807) is 0 Å². The lowest BCUT2D eigenvalue weighted by Crippen LogP contribution is -2.01. The van der Waals surface area contributed by atoms with Crippen molar-refractivity contribution in [1.29, 1.82) is 0 Å². The molecule has 5 heteroatoms. The zero-order valence-corrected chi connectivity index (χ0v) is 12.6. The Balaban J connectivity index is 1.34. The van der Waals surface area contributed by atoms with E-state index in [-0.39, 0.29) is 0 Å². The summed E-state index contributed by atoms with van der Waals surface area (Å²) in [6.45, 7) is 1.43. The minimum absolute atomic E-state index is 0.511. The largest absolute Gasteiger partial charge is 0.493 e. The lowest BCUT2D eigenvalue weighted by molar-refractivity contribution is 0.322. The van der Waals surface area contributed by atoms with Gasteiger partial charge in [-0.2, -0.15) is 0 Å². The molecule has 0 aliphatic carbocycles. The average molecular weight is 308 g/mol.